The molecule has 0 spiro atoms. The number of hydrogen-bond donors (Lipinski definition) is 1. The molecule has 3 aromatic rings. The first-order chi connectivity index (χ1) is 14.4. The maximum absolute atomic E-state index is 13.0. The van der Waals surface area contributed by atoms with Crippen LogP contribution in [0.25, 0.3) is 21.3 Å². The van der Waals surface area contributed by atoms with Gasteiger partial charge in [0.15, 0.2) is 0 Å². The van der Waals surface area contributed by atoms with E-state index in [4.69, 9.17) is 11.6 Å². The highest BCUT2D eigenvalue weighted by molar-refractivity contribution is 7.16. The van der Waals surface area contributed by atoms with Gasteiger partial charge in [0, 0.05) is 26.2 Å². The molecule has 0 bridgehead atoms. The molecule has 6 nitrogen and oxygen atoms in total. The summed E-state index contributed by atoms with van der Waals surface area (Å²) < 4.78 is 1.13. The van der Waals surface area contributed by atoms with Gasteiger partial charge in [0.1, 0.15) is 5.60 Å². The van der Waals surface area contributed by atoms with E-state index >= 15 is 0 Å². The Morgan fingerprint density at radius 1 is 1.00 bits per heavy atom. The van der Waals surface area contributed by atoms with Crippen LogP contribution in [0.3, 0.4) is 0 Å². The Bertz CT molecular complexity index is 1150. The number of aromatic nitrogens is 1. The lowest BCUT2D eigenvalue weighted by Gasteiger charge is -2.36. The third-order valence-corrected chi connectivity index (χ3v) is 6.96. The first kappa shape index (κ1) is 19.5. The summed E-state index contributed by atoms with van der Waals surface area (Å²) in [6.45, 7) is 1.71. The van der Waals surface area contributed by atoms with Gasteiger partial charge in [-0.3, -0.25) is 9.59 Å². The molecule has 8 heteroatoms. The number of benzene rings is 2. The normalized spacial score (nSPS) is 17.9. The maximum atomic E-state index is 13.0. The molecule has 1 aliphatic heterocycles. The van der Waals surface area contributed by atoms with E-state index in [1.54, 1.807) is 27.2 Å². The molecule has 1 aliphatic carbocycles. The molecule has 2 fully saturated rings. The number of halogens is 1. The third-order valence-electron chi connectivity index (χ3n) is 5.84. The molecule has 1 aromatic heterocycles. The predicted molar refractivity (Wildman–Crippen MR) is 117 cm³/mol. The minimum atomic E-state index is -1.16. The van der Waals surface area contributed by atoms with Crippen molar-refractivity contribution >= 4 is 45.0 Å². The lowest BCUT2D eigenvalue weighted by Crippen LogP contribution is -2.53. The van der Waals surface area contributed by atoms with Crippen LogP contribution in [0.15, 0.2) is 41.9 Å². The van der Waals surface area contributed by atoms with Gasteiger partial charge in [-0.25, -0.2) is 4.98 Å². The van der Waals surface area contributed by atoms with E-state index in [1.165, 1.54) is 0 Å². The van der Waals surface area contributed by atoms with Gasteiger partial charge in [-0.2, -0.15) is 0 Å². The Labute approximate surface area is 182 Å². The monoisotopic (exact) mass is 441 g/mol. The van der Waals surface area contributed by atoms with Crippen LogP contribution >= 0.6 is 22.9 Å². The number of aliphatic hydroxyl groups is 1. The fraction of sp³-hybridized carbons (Fsp3) is 0.318. The van der Waals surface area contributed by atoms with Crippen LogP contribution in [-0.4, -0.2) is 63.5 Å². The van der Waals surface area contributed by atoms with Gasteiger partial charge in [-0.15, -0.1) is 11.3 Å². The van der Waals surface area contributed by atoms with Crippen molar-refractivity contribution in [3.63, 3.8) is 0 Å². The van der Waals surface area contributed by atoms with Crippen molar-refractivity contribution in [3.05, 3.63) is 52.5 Å². The maximum Gasteiger partial charge on any atom is 0.255 e. The number of amides is 2. The third kappa shape index (κ3) is 3.47. The summed E-state index contributed by atoms with van der Waals surface area (Å²) in [6.07, 6.45) is 1.06. The summed E-state index contributed by atoms with van der Waals surface area (Å²) in [5, 5.41) is 10.4. The highest BCUT2D eigenvalue weighted by Gasteiger charge is 2.50. The summed E-state index contributed by atoms with van der Waals surface area (Å²) in [4.78, 5) is 33.0. The average Bonchev–Trinajstić information content (AvgIpc) is 3.34. The molecule has 0 atom stereocenters. The largest absolute Gasteiger partial charge is 0.380 e. The second-order valence-electron chi connectivity index (χ2n) is 7.85. The molecule has 0 unspecified atom stereocenters. The second kappa shape index (κ2) is 7.34. The summed E-state index contributed by atoms with van der Waals surface area (Å²) >= 11 is 8.08. The summed E-state index contributed by atoms with van der Waals surface area (Å²) in [5.41, 5.74) is 3.99. The standard InChI is InChI=1S/C22H20ClN3O3S/c23-17-11-14(15-2-4-19-18(12-15)24-13-30-19)1-3-16(17)20(27)25-7-9-26(10-8-25)21(28)22(29)5-6-22/h1-4,11-13,29H,5-10H2. The van der Waals surface area contributed by atoms with Crippen molar-refractivity contribution < 1.29 is 14.7 Å². The minimum Gasteiger partial charge on any atom is -0.380 e. The van der Waals surface area contributed by atoms with Crippen LogP contribution in [0, 0.1) is 0 Å². The molecule has 154 valence electrons. The number of carbonyl (C=O) groups excluding carboxylic acids is 2. The number of nitrogens with zero attached hydrogens (tertiary/aromatic N) is 3. The number of piperazine rings is 1. The second-order valence-corrected chi connectivity index (χ2v) is 9.14. The van der Waals surface area contributed by atoms with Crippen molar-refractivity contribution in [2.75, 3.05) is 26.2 Å². The Morgan fingerprint density at radius 2 is 1.67 bits per heavy atom. The SMILES string of the molecule is O=C(c1ccc(-c2ccc3scnc3c2)cc1Cl)N1CCN(C(=O)C2(O)CC2)CC1. The van der Waals surface area contributed by atoms with Gasteiger partial charge in [0.25, 0.3) is 11.8 Å². The Balaban J connectivity index is 1.30. The number of rotatable bonds is 3. The number of hydrogen-bond acceptors (Lipinski definition) is 5. The van der Waals surface area contributed by atoms with Crippen molar-refractivity contribution in [2.24, 2.45) is 0 Å². The van der Waals surface area contributed by atoms with Gasteiger partial charge >= 0.3 is 0 Å². The van der Waals surface area contributed by atoms with Gasteiger partial charge < -0.3 is 14.9 Å². The quantitative estimate of drug-likeness (QED) is 0.675. The van der Waals surface area contributed by atoms with E-state index in [0.29, 0.717) is 49.6 Å². The number of fused-ring (bicyclic) bond motifs is 1. The van der Waals surface area contributed by atoms with Crippen LogP contribution in [-0.2, 0) is 4.79 Å². The highest BCUT2D eigenvalue weighted by Crippen LogP contribution is 2.37. The first-order valence-electron chi connectivity index (χ1n) is 9.89. The smallest absolute Gasteiger partial charge is 0.255 e. The van der Waals surface area contributed by atoms with Crippen LogP contribution in [0.4, 0.5) is 0 Å². The van der Waals surface area contributed by atoms with E-state index in [9.17, 15) is 14.7 Å². The molecular formula is C22H20ClN3O3S. The fourth-order valence-electron chi connectivity index (χ4n) is 3.82. The number of thiazole rings is 1. The molecule has 1 N–H and O–H groups in total. The lowest BCUT2D eigenvalue weighted by molar-refractivity contribution is -0.143. The van der Waals surface area contributed by atoms with Gasteiger partial charge in [0.05, 0.1) is 26.3 Å². The molecule has 2 aromatic carbocycles. The van der Waals surface area contributed by atoms with Crippen molar-refractivity contribution in [2.45, 2.75) is 18.4 Å². The molecule has 1 saturated heterocycles. The minimum absolute atomic E-state index is 0.140. The van der Waals surface area contributed by atoms with Crippen LogP contribution in [0.2, 0.25) is 5.02 Å². The summed E-state index contributed by atoms with van der Waals surface area (Å²) in [6, 6.07) is 11.5. The van der Waals surface area contributed by atoms with Crippen LogP contribution < -0.4 is 0 Å². The zero-order chi connectivity index (χ0) is 20.9. The molecule has 2 amide bonds. The Morgan fingerprint density at radius 3 is 2.37 bits per heavy atom. The topological polar surface area (TPSA) is 73.7 Å². The van der Waals surface area contributed by atoms with Crippen molar-refractivity contribution in [1.82, 2.24) is 14.8 Å². The van der Waals surface area contributed by atoms with E-state index in [0.717, 1.165) is 21.3 Å². The van der Waals surface area contributed by atoms with E-state index in [2.05, 4.69) is 4.98 Å². The van der Waals surface area contributed by atoms with Crippen molar-refractivity contribution in [1.29, 1.82) is 0 Å². The van der Waals surface area contributed by atoms with Crippen LogP contribution in [0.1, 0.15) is 23.2 Å². The zero-order valence-electron chi connectivity index (χ0n) is 16.2. The van der Waals surface area contributed by atoms with Crippen molar-refractivity contribution in [3.8, 4) is 11.1 Å². The molecule has 2 aliphatic rings. The van der Waals surface area contributed by atoms with Gasteiger partial charge in [0.2, 0.25) is 0 Å². The van der Waals surface area contributed by atoms with Gasteiger partial charge in [-0.1, -0.05) is 23.7 Å². The first-order valence-corrected chi connectivity index (χ1v) is 11.1. The van der Waals surface area contributed by atoms with Gasteiger partial charge in [-0.05, 0) is 48.2 Å². The average molecular weight is 442 g/mol. The Kier molecular flexibility index (Phi) is 4.76. The number of carbonyl (C=O) groups is 2. The molecule has 30 heavy (non-hydrogen) atoms. The lowest BCUT2D eigenvalue weighted by atomic mass is 10.0. The summed E-state index contributed by atoms with van der Waals surface area (Å²) in [7, 11) is 0. The highest BCUT2D eigenvalue weighted by atomic mass is 35.5. The molecule has 0 radical (unpaired) electrons. The zero-order valence-corrected chi connectivity index (χ0v) is 17.7. The van der Waals surface area contributed by atoms with E-state index in [-0.39, 0.29) is 11.8 Å². The molecular weight excluding hydrogens is 422 g/mol. The summed E-state index contributed by atoms with van der Waals surface area (Å²) in [5.74, 6) is -0.354. The molecule has 2 heterocycles. The van der Waals surface area contributed by atoms with Crippen LogP contribution in [0.5, 0.6) is 0 Å². The predicted octanol–water partition coefficient (Wildman–Crippen LogP) is 3.43. The fourth-order valence-corrected chi connectivity index (χ4v) is 4.74. The molecule has 5 rings (SSSR count). The van der Waals surface area contributed by atoms with E-state index in [1.807, 2.05) is 35.8 Å². The molecule has 1 saturated carbocycles. The Hall–Kier alpha value is -2.48. The van der Waals surface area contributed by atoms with E-state index < -0.39 is 5.60 Å².